The highest BCUT2D eigenvalue weighted by molar-refractivity contribution is 5.78. The fraction of sp³-hybridized carbons (Fsp3) is 0.350. The van der Waals surface area contributed by atoms with Crippen molar-refractivity contribution in [2.24, 2.45) is 5.92 Å². The molecule has 1 amide bonds. The molecule has 0 saturated heterocycles. The van der Waals surface area contributed by atoms with Gasteiger partial charge in [0.05, 0.1) is 12.6 Å². The van der Waals surface area contributed by atoms with Crippen LogP contribution in [0, 0.1) is 11.7 Å². The number of carbonyl (C=O) groups excluding carboxylic acids is 1. The zero-order chi connectivity index (χ0) is 18.2. The van der Waals surface area contributed by atoms with Gasteiger partial charge in [0.15, 0.2) is 0 Å². The van der Waals surface area contributed by atoms with Crippen molar-refractivity contribution in [3.05, 3.63) is 65.5 Å². The third-order valence-electron chi connectivity index (χ3n) is 4.24. The molecular weight excluding hydrogens is 321 g/mol. The number of phenolic OH excluding ortho intramolecular Hbond substituents is 1. The second-order valence-electron chi connectivity index (χ2n) is 6.29. The molecule has 0 aliphatic rings. The highest BCUT2D eigenvalue weighted by Crippen LogP contribution is 2.14. The molecule has 2 aromatic rings. The van der Waals surface area contributed by atoms with Crippen molar-refractivity contribution in [2.75, 3.05) is 6.61 Å². The van der Waals surface area contributed by atoms with E-state index in [4.69, 9.17) is 0 Å². The summed E-state index contributed by atoms with van der Waals surface area (Å²) in [6.07, 6.45) is 1.50. The minimum atomic E-state index is -0.395. The summed E-state index contributed by atoms with van der Waals surface area (Å²) in [6, 6.07) is 12.8. The molecule has 25 heavy (non-hydrogen) atoms. The number of hydrogen-bond donors (Lipinski definition) is 3. The van der Waals surface area contributed by atoms with Gasteiger partial charge in [0.1, 0.15) is 11.6 Å². The molecule has 0 spiro atoms. The summed E-state index contributed by atoms with van der Waals surface area (Å²) < 4.78 is 13.6. The molecule has 2 aromatic carbocycles. The van der Waals surface area contributed by atoms with Gasteiger partial charge in [-0.05, 0) is 48.6 Å². The Hall–Kier alpha value is -2.40. The molecule has 2 atom stereocenters. The van der Waals surface area contributed by atoms with Gasteiger partial charge in [-0.25, -0.2) is 4.39 Å². The van der Waals surface area contributed by atoms with Crippen LogP contribution in [-0.2, 0) is 17.6 Å². The van der Waals surface area contributed by atoms with Gasteiger partial charge in [-0.15, -0.1) is 0 Å². The number of carbonyl (C=O) groups is 1. The lowest BCUT2D eigenvalue weighted by Crippen LogP contribution is -2.41. The van der Waals surface area contributed by atoms with Gasteiger partial charge in [0.25, 0.3) is 0 Å². The number of phenols is 1. The Labute approximate surface area is 147 Å². The van der Waals surface area contributed by atoms with Crippen molar-refractivity contribution >= 4 is 5.91 Å². The van der Waals surface area contributed by atoms with Gasteiger partial charge in [0.2, 0.25) is 5.91 Å². The number of aliphatic hydroxyl groups is 1. The number of hydrogen-bond acceptors (Lipinski definition) is 3. The highest BCUT2D eigenvalue weighted by atomic mass is 19.1. The lowest BCUT2D eigenvalue weighted by atomic mass is 9.99. The Balaban J connectivity index is 1.85. The van der Waals surface area contributed by atoms with Gasteiger partial charge in [-0.3, -0.25) is 4.79 Å². The molecule has 1 unspecified atom stereocenters. The van der Waals surface area contributed by atoms with E-state index in [0.717, 1.165) is 5.56 Å². The maximum absolute atomic E-state index is 13.6. The van der Waals surface area contributed by atoms with Gasteiger partial charge < -0.3 is 15.5 Å². The van der Waals surface area contributed by atoms with Crippen LogP contribution < -0.4 is 5.32 Å². The Morgan fingerprint density at radius 3 is 2.48 bits per heavy atom. The number of aryl methyl sites for hydroxylation is 1. The summed E-state index contributed by atoms with van der Waals surface area (Å²) in [6.45, 7) is 1.62. The van der Waals surface area contributed by atoms with Crippen LogP contribution in [0.1, 0.15) is 24.5 Å². The standard InChI is InChI=1S/C20H24FNO3/c1-14(6-9-16-4-2-3-5-19(16)21)20(25)22-17(13-23)12-15-7-10-18(24)11-8-15/h2-5,7-8,10-11,14,17,23-24H,6,9,12-13H2,1H3,(H,22,25)/t14?,17-/m0/s1. The molecule has 0 aromatic heterocycles. The third kappa shape index (κ3) is 5.87. The molecule has 3 N–H and O–H groups in total. The molecular formula is C20H24FNO3. The minimum Gasteiger partial charge on any atom is -0.508 e. The summed E-state index contributed by atoms with van der Waals surface area (Å²) >= 11 is 0. The fourth-order valence-corrected chi connectivity index (χ4v) is 2.63. The van der Waals surface area contributed by atoms with Gasteiger partial charge in [0, 0.05) is 5.92 Å². The Morgan fingerprint density at radius 1 is 1.16 bits per heavy atom. The minimum absolute atomic E-state index is 0.158. The van der Waals surface area contributed by atoms with Crippen LogP contribution in [0.4, 0.5) is 4.39 Å². The van der Waals surface area contributed by atoms with Crippen molar-refractivity contribution in [3.63, 3.8) is 0 Å². The average molecular weight is 345 g/mol. The lowest BCUT2D eigenvalue weighted by Gasteiger charge is -2.19. The van der Waals surface area contributed by atoms with E-state index < -0.39 is 6.04 Å². The van der Waals surface area contributed by atoms with Crippen molar-refractivity contribution < 1.29 is 19.4 Å². The fourth-order valence-electron chi connectivity index (χ4n) is 2.63. The number of aliphatic hydroxyl groups excluding tert-OH is 1. The van der Waals surface area contributed by atoms with Crippen LogP contribution in [-0.4, -0.2) is 28.8 Å². The summed E-state index contributed by atoms with van der Waals surface area (Å²) in [7, 11) is 0. The molecule has 0 bridgehead atoms. The number of aromatic hydroxyl groups is 1. The monoisotopic (exact) mass is 345 g/mol. The van der Waals surface area contributed by atoms with E-state index in [1.54, 1.807) is 49.4 Å². The molecule has 134 valence electrons. The second kappa shape index (κ2) is 9.18. The second-order valence-corrected chi connectivity index (χ2v) is 6.29. The normalized spacial score (nSPS) is 13.2. The largest absolute Gasteiger partial charge is 0.508 e. The first-order valence-corrected chi connectivity index (χ1v) is 8.42. The first kappa shape index (κ1) is 18.9. The Bertz CT molecular complexity index is 688. The zero-order valence-electron chi connectivity index (χ0n) is 14.3. The molecule has 0 saturated carbocycles. The maximum atomic E-state index is 13.6. The van der Waals surface area contributed by atoms with Crippen molar-refractivity contribution in [3.8, 4) is 5.75 Å². The Morgan fingerprint density at radius 2 is 1.84 bits per heavy atom. The van der Waals surface area contributed by atoms with Crippen LogP contribution in [0.2, 0.25) is 0 Å². The van der Waals surface area contributed by atoms with E-state index in [1.807, 2.05) is 0 Å². The topological polar surface area (TPSA) is 69.6 Å². The summed E-state index contributed by atoms with van der Waals surface area (Å²) in [5, 5.41) is 21.6. The van der Waals surface area contributed by atoms with E-state index >= 15 is 0 Å². The molecule has 0 fully saturated rings. The van der Waals surface area contributed by atoms with Crippen LogP contribution in [0.3, 0.4) is 0 Å². The lowest BCUT2D eigenvalue weighted by molar-refractivity contribution is -0.125. The van der Waals surface area contributed by atoms with Gasteiger partial charge in [-0.1, -0.05) is 37.3 Å². The number of halogens is 1. The third-order valence-corrected chi connectivity index (χ3v) is 4.24. The van der Waals surface area contributed by atoms with E-state index in [-0.39, 0.29) is 30.0 Å². The average Bonchev–Trinajstić information content (AvgIpc) is 2.61. The number of amides is 1. The number of benzene rings is 2. The molecule has 0 aliphatic carbocycles. The SMILES string of the molecule is CC(CCc1ccccc1F)C(=O)N[C@H](CO)Cc1ccc(O)cc1. The maximum Gasteiger partial charge on any atom is 0.223 e. The van der Waals surface area contributed by atoms with E-state index in [0.29, 0.717) is 24.8 Å². The number of nitrogens with one attached hydrogen (secondary N) is 1. The zero-order valence-corrected chi connectivity index (χ0v) is 14.3. The summed E-state index contributed by atoms with van der Waals surface area (Å²) in [5.74, 6) is -0.520. The highest BCUT2D eigenvalue weighted by Gasteiger charge is 2.18. The smallest absolute Gasteiger partial charge is 0.223 e. The summed E-state index contributed by atoms with van der Waals surface area (Å²) in [5.41, 5.74) is 1.51. The van der Waals surface area contributed by atoms with E-state index in [2.05, 4.69) is 5.32 Å². The van der Waals surface area contributed by atoms with Crippen molar-refractivity contribution in [1.82, 2.24) is 5.32 Å². The molecule has 0 radical (unpaired) electrons. The molecule has 2 rings (SSSR count). The molecule has 5 heteroatoms. The van der Waals surface area contributed by atoms with Crippen LogP contribution in [0.15, 0.2) is 48.5 Å². The summed E-state index contributed by atoms with van der Waals surface area (Å²) in [4.78, 5) is 12.3. The molecule has 4 nitrogen and oxygen atoms in total. The van der Waals surface area contributed by atoms with E-state index in [9.17, 15) is 19.4 Å². The van der Waals surface area contributed by atoms with Gasteiger partial charge >= 0.3 is 0 Å². The van der Waals surface area contributed by atoms with Crippen LogP contribution in [0.5, 0.6) is 5.75 Å². The molecule has 0 aliphatic heterocycles. The predicted molar refractivity (Wildman–Crippen MR) is 94.7 cm³/mol. The number of rotatable bonds is 8. The Kier molecular flexibility index (Phi) is 6.95. The first-order valence-electron chi connectivity index (χ1n) is 8.42. The van der Waals surface area contributed by atoms with Crippen molar-refractivity contribution in [1.29, 1.82) is 0 Å². The van der Waals surface area contributed by atoms with Crippen molar-refractivity contribution in [2.45, 2.75) is 32.2 Å². The van der Waals surface area contributed by atoms with Crippen LogP contribution >= 0.6 is 0 Å². The predicted octanol–water partition coefficient (Wildman–Crippen LogP) is 2.82. The first-order chi connectivity index (χ1) is 12.0. The van der Waals surface area contributed by atoms with Gasteiger partial charge in [-0.2, -0.15) is 0 Å². The van der Waals surface area contributed by atoms with Crippen LogP contribution in [0.25, 0.3) is 0 Å². The quantitative estimate of drug-likeness (QED) is 0.689. The van der Waals surface area contributed by atoms with E-state index in [1.165, 1.54) is 6.07 Å². The molecule has 0 heterocycles.